The molecular formula is C20H24N2O5S2. The molecule has 156 valence electrons. The molecule has 0 fully saturated rings. The number of nitrogens with one attached hydrogen (secondary N) is 1. The standard InChI is InChI=1S/C20H24N2O5S2/c1-4-15-28(24,25)16(3)20(23)21-18-13-9-10-14-19(18)29(26,27)22(5-2)17-11-7-6-8-12-17/h4,6-14,16H,1,5,15H2,2-3H3,(H,21,23). The molecule has 7 nitrogen and oxygen atoms in total. The van der Waals surface area contributed by atoms with E-state index < -0.39 is 31.0 Å². The van der Waals surface area contributed by atoms with E-state index >= 15 is 0 Å². The summed E-state index contributed by atoms with van der Waals surface area (Å²) in [6.07, 6.45) is 1.20. The van der Waals surface area contributed by atoms with E-state index in [9.17, 15) is 21.6 Å². The second kappa shape index (κ2) is 9.23. The number of anilines is 2. The number of para-hydroxylation sites is 2. The van der Waals surface area contributed by atoms with Gasteiger partial charge >= 0.3 is 0 Å². The van der Waals surface area contributed by atoms with E-state index in [0.717, 1.165) is 0 Å². The predicted octanol–water partition coefficient (Wildman–Crippen LogP) is 2.83. The van der Waals surface area contributed by atoms with E-state index in [-0.39, 0.29) is 22.9 Å². The summed E-state index contributed by atoms with van der Waals surface area (Å²) in [6, 6.07) is 14.5. The fourth-order valence-corrected chi connectivity index (χ4v) is 5.33. The van der Waals surface area contributed by atoms with Gasteiger partial charge in [0.25, 0.3) is 10.0 Å². The topological polar surface area (TPSA) is 101 Å². The summed E-state index contributed by atoms with van der Waals surface area (Å²) in [5, 5.41) is 1.10. The minimum Gasteiger partial charge on any atom is -0.324 e. The molecule has 0 spiro atoms. The number of carbonyl (C=O) groups is 1. The van der Waals surface area contributed by atoms with Crippen molar-refractivity contribution in [2.45, 2.75) is 24.0 Å². The summed E-state index contributed by atoms with van der Waals surface area (Å²) in [5.74, 6) is -1.16. The molecule has 0 radical (unpaired) electrons. The van der Waals surface area contributed by atoms with Crippen molar-refractivity contribution in [3.8, 4) is 0 Å². The fourth-order valence-electron chi connectivity index (χ4n) is 2.71. The van der Waals surface area contributed by atoms with Gasteiger partial charge in [-0.1, -0.05) is 36.4 Å². The number of sulfone groups is 1. The van der Waals surface area contributed by atoms with Gasteiger partial charge < -0.3 is 5.32 Å². The quantitative estimate of drug-likeness (QED) is 0.609. The molecular weight excluding hydrogens is 412 g/mol. The normalized spacial score (nSPS) is 12.8. The minimum atomic E-state index is -4.00. The second-order valence-corrected chi connectivity index (χ2v) is 10.4. The van der Waals surface area contributed by atoms with Gasteiger partial charge in [0.05, 0.1) is 17.1 Å². The molecule has 0 heterocycles. The molecule has 0 aromatic heterocycles. The van der Waals surface area contributed by atoms with Gasteiger partial charge in [0.1, 0.15) is 10.1 Å². The van der Waals surface area contributed by atoms with Crippen LogP contribution in [-0.2, 0) is 24.7 Å². The third-order valence-corrected chi connectivity index (χ3v) is 8.26. The Kier molecular flexibility index (Phi) is 7.21. The highest BCUT2D eigenvalue weighted by atomic mass is 32.2. The maximum absolute atomic E-state index is 13.3. The van der Waals surface area contributed by atoms with Gasteiger partial charge in [0.15, 0.2) is 9.84 Å². The van der Waals surface area contributed by atoms with Crippen LogP contribution in [0.3, 0.4) is 0 Å². The van der Waals surface area contributed by atoms with Crippen LogP contribution < -0.4 is 9.62 Å². The number of hydrogen-bond acceptors (Lipinski definition) is 5. The van der Waals surface area contributed by atoms with Crippen molar-refractivity contribution in [2.75, 3.05) is 21.9 Å². The van der Waals surface area contributed by atoms with Crippen molar-refractivity contribution in [2.24, 2.45) is 0 Å². The number of sulfonamides is 1. The Balaban J connectivity index is 2.42. The van der Waals surface area contributed by atoms with Crippen molar-refractivity contribution in [3.05, 3.63) is 67.3 Å². The first-order chi connectivity index (χ1) is 13.6. The number of nitrogens with zero attached hydrogens (tertiary/aromatic N) is 1. The number of rotatable bonds is 9. The molecule has 0 aliphatic carbocycles. The monoisotopic (exact) mass is 436 g/mol. The molecule has 29 heavy (non-hydrogen) atoms. The Morgan fingerprint density at radius 3 is 2.24 bits per heavy atom. The largest absolute Gasteiger partial charge is 0.324 e. The zero-order chi connectivity index (χ0) is 21.7. The van der Waals surface area contributed by atoms with E-state index in [1.54, 1.807) is 49.4 Å². The Hall–Kier alpha value is -2.65. The van der Waals surface area contributed by atoms with Crippen molar-refractivity contribution in [1.82, 2.24) is 0 Å². The lowest BCUT2D eigenvalue weighted by molar-refractivity contribution is -0.115. The molecule has 1 N–H and O–H groups in total. The van der Waals surface area contributed by atoms with E-state index in [0.29, 0.717) is 5.69 Å². The third-order valence-electron chi connectivity index (χ3n) is 4.30. The molecule has 2 aromatic carbocycles. The van der Waals surface area contributed by atoms with Crippen LogP contribution in [0.15, 0.2) is 72.1 Å². The first-order valence-corrected chi connectivity index (χ1v) is 12.1. The van der Waals surface area contributed by atoms with Crippen LogP contribution in [0.5, 0.6) is 0 Å². The Morgan fingerprint density at radius 1 is 1.07 bits per heavy atom. The summed E-state index contributed by atoms with van der Waals surface area (Å²) < 4.78 is 52.0. The summed E-state index contributed by atoms with van der Waals surface area (Å²) in [7, 11) is -7.73. The first kappa shape index (κ1) is 22.6. The Labute approximate surface area is 172 Å². The molecule has 0 aliphatic heterocycles. The predicted molar refractivity (Wildman–Crippen MR) is 115 cm³/mol. The van der Waals surface area contributed by atoms with Gasteiger partial charge in [-0.25, -0.2) is 16.8 Å². The summed E-state index contributed by atoms with van der Waals surface area (Å²) in [4.78, 5) is 12.4. The molecule has 0 bridgehead atoms. The summed E-state index contributed by atoms with van der Waals surface area (Å²) in [6.45, 7) is 6.52. The van der Waals surface area contributed by atoms with Crippen LogP contribution in [0.1, 0.15) is 13.8 Å². The minimum absolute atomic E-state index is 0.0209. The van der Waals surface area contributed by atoms with E-state index in [2.05, 4.69) is 11.9 Å². The smallest absolute Gasteiger partial charge is 0.266 e. The van der Waals surface area contributed by atoms with Gasteiger partial charge in [-0.2, -0.15) is 0 Å². The zero-order valence-electron chi connectivity index (χ0n) is 16.3. The van der Waals surface area contributed by atoms with E-state index in [1.165, 1.54) is 29.4 Å². The summed E-state index contributed by atoms with van der Waals surface area (Å²) >= 11 is 0. The lowest BCUT2D eigenvalue weighted by Crippen LogP contribution is -2.35. The molecule has 0 aliphatic rings. The van der Waals surface area contributed by atoms with Gasteiger partial charge in [-0.3, -0.25) is 9.10 Å². The number of benzene rings is 2. The van der Waals surface area contributed by atoms with E-state index in [1.807, 2.05) is 0 Å². The van der Waals surface area contributed by atoms with Gasteiger partial charge in [-0.05, 0) is 38.1 Å². The maximum Gasteiger partial charge on any atom is 0.266 e. The average Bonchev–Trinajstić information content (AvgIpc) is 2.68. The van der Waals surface area contributed by atoms with Gasteiger partial charge in [0.2, 0.25) is 5.91 Å². The summed E-state index contributed by atoms with van der Waals surface area (Å²) in [5.41, 5.74) is 0.505. The fraction of sp³-hybridized carbons (Fsp3) is 0.250. The second-order valence-electron chi connectivity index (χ2n) is 6.25. The highest BCUT2D eigenvalue weighted by molar-refractivity contribution is 7.93. The highest BCUT2D eigenvalue weighted by Gasteiger charge is 2.30. The SMILES string of the molecule is C=CCS(=O)(=O)C(C)C(=O)Nc1ccccc1S(=O)(=O)N(CC)c1ccccc1. The lowest BCUT2D eigenvalue weighted by atomic mass is 10.3. The molecule has 0 saturated heterocycles. The molecule has 2 rings (SSSR count). The Morgan fingerprint density at radius 2 is 1.66 bits per heavy atom. The first-order valence-electron chi connectivity index (χ1n) is 8.95. The molecule has 2 aromatic rings. The molecule has 1 atom stereocenters. The zero-order valence-corrected chi connectivity index (χ0v) is 17.9. The lowest BCUT2D eigenvalue weighted by Gasteiger charge is -2.24. The molecule has 0 saturated carbocycles. The van der Waals surface area contributed by atoms with Gasteiger partial charge in [-0.15, -0.1) is 6.58 Å². The number of hydrogen-bond donors (Lipinski definition) is 1. The number of amides is 1. The van der Waals surface area contributed by atoms with Crippen molar-refractivity contribution >= 4 is 37.1 Å². The van der Waals surface area contributed by atoms with Crippen LogP contribution >= 0.6 is 0 Å². The van der Waals surface area contributed by atoms with Crippen LogP contribution in [0.4, 0.5) is 11.4 Å². The molecule has 9 heteroatoms. The van der Waals surface area contributed by atoms with Crippen LogP contribution in [0.2, 0.25) is 0 Å². The van der Waals surface area contributed by atoms with E-state index in [4.69, 9.17) is 0 Å². The average molecular weight is 437 g/mol. The van der Waals surface area contributed by atoms with Crippen molar-refractivity contribution < 1.29 is 21.6 Å². The molecule has 1 amide bonds. The Bertz CT molecular complexity index is 1080. The van der Waals surface area contributed by atoms with Crippen molar-refractivity contribution in [3.63, 3.8) is 0 Å². The third kappa shape index (κ3) is 5.04. The highest BCUT2D eigenvalue weighted by Crippen LogP contribution is 2.28. The maximum atomic E-state index is 13.3. The number of carbonyl (C=O) groups excluding carboxylic acids is 1. The van der Waals surface area contributed by atoms with Crippen LogP contribution in [0.25, 0.3) is 0 Å². The molecule has 1 unspecified atom stereocenters. The van der Waals surface area contributed by atoms with Gasteiger partial charge in [0, 0.05) is 6.54 Å². The van der Waals surface area contributed by atoms with Crippen molar-refractivity contribution in [1.29, 1.82) is 0 Å². The van der Waals surface area contributed by atoms with Crippen LogP contribution in [0, 0.1) is 0 Å². The van der Waals surface area contributed by atoms with Crippen LogP contribution in [-0.4, -0.2) is 40.3 Å².